The molecule has 0 unspecified atom stereocenters. The summed E-state index contributed by atoms with van der Waals surface area (Å²) >= 11 is 0. The number of likely N-dealkylation sites (tertiary alicyclic amines) is 1. The number of carbonyl (C=O) groups is 1. The quantitative estimate of drug-likeness (QED) is 0.822. The summed E-state index contributed by atoms with van der Waals surface area (Å²) in [4.78, 5) is 18.8. The van der Waals surface area contributed by atoms with Gasteiger partial charge in [0.2, 0.25) is 5.91 Å². The first kappa shape index (κ1) is 14.8. The zero-order chi connectivity index (χ0) is 15.2. The number of nitrogens with zero attached hydrogens (tertiary/aromatic N) is 4. The zero-order valence-corrected chi connectivity index (χ0v) is 12.8. The van der Waals surface area contributed by atoms with Gasteiger partial charge in [0.25, 0.3) is 0 Å². The number of hydrogen-bond acceptors (Lipinski definition) is 3. The number of amides is 1. The molecule has 1 aliphatic rings. The van der Waals surface area contributed by atoms with Crippen LogP contribution in [-0.2, 0) is 17.8 Å². The van der Waals surface area contributed by atoms with Crippen LogP contribution in [0.4, 0.5) is 0 Å². The van der Waals surface area contributed by atoms with Crippen LogP contribution in [0.15, 0.2) is 42.9 Å². The number of rotatable bonds is 6. The molecule has 0 aliphatic carbocycles. The molecule has 2 aromatic heterocycles. The second kappa shape index (κ2) is 7.20. The van der Waals surface area contributed by atoms with Crippen LogP contribution < -0.4 is 0 Å². The molecule has 0 saturated carbocycles. The summed E-state index contributed by atoms with van der Waals surface area (Å²) < 4.78 is 1.92. The van der Waals surface area contributed by atoms with E-state index in [1.165, 1.54) is 0 Å². The normalized spacial score (nSPS) is 17.8. The molecule has 1 atom stereocenters. The second-order valence-corrected chi connectivity index (χ2v) is 5.79. The lowest BCUT2D eigenvalue weighted by molar-refractivity contribution is -0.132. The van der Waals surface area contributed by atoms with Gasteiger partial charge in [-0.25, -0.2) is 0 Å². The molecule has 22 heavy (non-hydrogen) atoms. The lowest BCUT2D eigenvalue weighted by Crippen LogP contribution is -2.38. The second-order valence-electron chi connectivity index (χ2n) is 5.79. The smallest absolute Gasteiger partial charge is 0.222 e. The Bertz CT molecular complexity index is 582. The maximum Gasteiger partial charge on any atom is 0.222 e. The number of aromatic nitrogens is 3. The number of hydrogen-bond donors (Lipinski definition) is 0. The van der Waals surface area contributed by atoms with E-state index < -0.39 is 0 Å². The van der Waals surface area contributed by atoms with Gasteiger partial charge in [-0.05, 0) is 43.9 Å². The molecule has 1 aliphatic heterocycles. The predicted octanol–water partition coefficient (Wildman–Crippen LogP) is 2.29. The molecule has 116 valence electrons. The summed E-state index contributed by atoms with van der Waals surface area (Å²) in [5.74, 6) is 0.269. The van der Waals surface area contributed by atoms with Gasteiger partial charge in [0.15, 0.2) is 0 Å². The van der Waals surface area contributed by atoms with Gasteiger partial charge in [-0.3, -0.25) is 14.5 Å². The van der Waals surface area contributed by atoms with E-state index in [9.17, 15) is 4.79 Å². The molecule has 1 saturated heterocycles. The third-order valence-electron chi connectivity index (χ3n) is 4.20. The fraction of sp³-hybridized carbons (Fsp3) is 0.471. The zero-order valence-electron chi connectivity index (χ0n) is 12.8. The van der Waals surface area contributed by atoms with Crippen molar-refractivity contribution in [3.05, 3.63) is 48.5 Å². The molecule has 0 spiro atoms. The molecule has 0 bridgehead atoms. The highest BCUT2D eigenvalue weighted by Gasteiger charge is 2.28. The molecule has 5 heteroatoms. The molecule has 0 radical (unpaired) electrons. The standard InChI is InChI=1S/C17H22N4O/c22-17(9-3-7-15-6-1-2-10-18-15)21-13-4-8-16(21)14-20-12-5-11-19-20/h1-2,5-6,10-12,16H,3-4,7-9,13-14H2/t16-/m1/s1. The van der Waals surface area contributed by atoms with Crippen molar-refractivity contribution in [2.24, 2.45) is 0 Å². The molecular formula is C17H22N4O. The van der Waals surface area contributed by atoms with Crippen molar-refractivity contribution in [2.45, 2.75) is 44.7 Å². The van der Waals surface area contributed by atoms with Crippen LogP contribution in [0.2, 0.25) is 0 Å². The molecule has 0 aromatic carbocycles. The van der Waals surface area contributed by atoms with Gasteiger partial charge in [0, 0.05) is 37.3 Å². The topological polar surface area (TPSA) is 51.0 Å². The summed E-state index contributed by atoms with van der Waals surface area (Å²) in [5.41, 5.74) is 1.06. The van der Waals surface area contributed by atoms with E-state index in [0.717, 1.165) is 44.5 Å². The van der Waals surface area contributed by atoms with Crippen molar-refractivity contribution >= 4 is 5.91 Å². The molecular weight excluding hydrogens is 276 g/mol. The third kappa shape index (κ3) is 3.72. The Morgan fingerprint density at radius 3 is 3.00 bits per heavy atom. The monoisotopic (exact) mass is 298 g/mol. The summed E-state index contributed by atoms with van der Waals surface area (Å²) in [6.07, 6.45) is 10.1. The minimum absolute atomic E-state index is 0.269. The highest BCUT2D eigenvalue weighted by Crippen LogP contribution is 2.20. The lowest BCUT2D eigenvalue weighted by Gasteiger charge is -2.24. The lowest BCUT2D eigenvalue weighted by atomic mass is 10.1. The summed E-state index contributed by atoms with van der Waals surface area (Å²) in [6, 6.07) is 8.14. The highest BCUT2D eigenvalue weighted by atomic mass is 16.2. The maximum atomic E-state index is 12.5. The maximum absolute atomic E-state index is 12.5. The SMILES string of the molecule is O=C(CCCc1ccccn1)N1CCC[C@@H]1Cn1cccn1. The van der Waals surface area contributed by atoms with Crippen LogP contribution in [0.5, 0.6) is 0 Å². The first-order valence-corrected chi connectivity index (χ1v) is 8.00. The minimum atomic E-state index is 0.269. The first-order chi connectivity index (χ1) is 10.8. The van der Waals surface area contributed by atoms with Crippen LogP contribution in [0, 0.1) is 0 Å². The Balaban J connectivity index is 1.48. The van der Waals surface area contributed by atoms with E-state index in [0.29, 0.717) is 12.5 Å². The van der Waals surface area contributed by atoms with Gasteiger partial charge in [-0.15, -0.1) is 0 Å². The first-order valence-electron chi connectivity index (χ1n) is 8.00. The Morgan fingerprint density at radius 2 is 2.23 bits per heavy atom. The number of aryl methyl sites for hydroxylation is 1. The Labute approximate surface area is 131 Å². The Hall–Kier alpha value is -2.17. The summed E-state index contributed by atoms with van der Waals surface area (Å²) in [6.45, 7) is 1.69. The molecule has 3 rings (SSSR count). The fourth-order valence-corrected chi connectivity index (χ4v) is 3.09. The van der Waals surface area contributed by atoms with E-state index in [2.05, 4.69) is 10.1 Å². The van der Waals surface area contributed by atoms with Crippen LogP contribution in [-0.4, -0.2) is 38.2 Å². The molecule has 3 heterocycles. The van der Waals surface area contributed by atoms with Crippen LogP contribution in [0.1, 0.15) is 31.4 Å². The van der Waals surface area contributed by atoms with E-state index in [4.69, 9.17) is 0 Å². The molecule has 1 fully saturated rings. The van der Waals surface area contributed by atoms with Crippen molar-refractivity contribution < 1.29 is 4.79 Å². The third-order valence-corrected chi connectivity index (χ3v) is 4.20. The Kier molecular flexibility index (Phi) is 4.83. The largest absolute Gasteiger partial charge is 0.338 e. The average molecular weight is 298 g/mol. The molecule has 1 amide bonds. The van der Waals surface area contributed by atoms with Gasteiger partial charge >= 0.3 is 0 Å². The Morgan fingerprint density at radius 1 is 1.27 bits per heavy atom. The van der Waals surface area contributed by atoms with E-state index >= 15 is 0 Å². The summed E-state index contributed by atoms with van der Waals surface area (Å²) in [7, 11) is 0. The van der Waals surface area contributed by atoms with Crippen molar-refractivity contribution in [2.75, 3.05) is 6.54 Å². The van der Waals surface area contributed by atoms with Crippen molar-refractivity contribution in [1.29, 1.82) is 0 Å². The van der Waals surface area contributed by atoms with Crippen LogP contribution >= 0.6 is 0 Å². The van der Waals surface area contributed by atoms with E-state index in [1.807, 2.05) is 40.0 Å². The van der Waals surface area contributed by atoms with Gasteiger partial charge in [0.05, 0.1) is 12.6 Å². The van der Waals surface area contributed by atoms with Crippen LogP contribution in [0.3, 0.4) is 0 Å². The van der Waals surface area contributed by atoms with Crippen molar-refractivity contribution in [3.8, 4) is 0 Å². The van der Waals surface area contributed by atoms with Gasteiger partial charge in [-0.1, -0.05) is 6.07 Å². The highest BCUT2D eigenvalue weighted by molar-refractivity contribution is 5.76. The average Bonchev–Trinajstić information content (AvgIpc) is 3.20. The predicted molar refractivity (Wildman–Crippen MR) is 84.1 cm³/mol. The van der Waals surface area contributed by atoms with Gasteiger partial charge < -0.3 is 4.90 Å². The number of pyridine rings is 1. The van der Waals surface area contributed by atoms with Crippen LogP contribution in [0.25, 0.3) is 0 Å². The molecule has 2 aromatic rings. The minimum Gasteiger partial charge on any atom is -0.338 e. The van der Waals surface area contributed by atoms with Gasteiger partial charge in [-0.2, -0.15) is 5.10 Å². The molecule has 0 N–H and O–H groups in total. The van der Waals surface area contributed by atoms with Crippen molar-refractivity contribution in [3.63, 3.8) is 0 Å². The summed E-state index contributed by atoms with van der Waals surface area (Å²) in [5, 5.41) is 4.25. The van der Waals surface area contributed by atoms with Gasteiger partial charge in [0.1, 0.15) is 0 Å². The van der Waals surface area contributed by atoms with E-state index in [1.54, 1.807) is 12.4 Å². The number of carbonyl (C=O) groups excluding carboxylic acids is 1. The van der Waals surface area contributed by atoms with Crippen molar-refractivity contribution in [1.82, 2.24) is 19.7 Å². The molecule has 5 nitrogen and oxygen atoms in total. The van der Waals surface area contributed by atoms with E-state index in [-0.39, 0.29) is 5.91 Å². The fourth-order valence-electron chi connectivity index (χ4n) is 3.09.